The number of hydrogen-bond acceptors (Lipinski definition) is 3. The first kappa shape index (κ1) is 14.6. The molecule has 1 heterocycles. The number of urea groups is 1. The van der Waals surface area contributed by atoms with E-state index in [1.165, 1.54) is 4.90 Å². The monoisotopic (exact) mass is 338 g/mol. The van der Waals surface area contributed by atoms with Crippen molar-refractivity contribution in [3.05, 3.63) is 52.7 Å². The highest BCUT2D eigenvalue weighted by molar-refractivity contribution is 9.10. The van der Waals surface area contributed by atoms with Crippen LogP contribution in [-0.2, 0) is 6.54 Å². The first-order valence-electron chi connectivity index (χ1n) is 6.15. The Bertz CT molecular complexity index is 557. The van der Waals surface area contributed by atoms with Crippen LogP contribution >= 0.6 is 15.9 Å². The number of anilines is 1. The largest absolute Gasteiger partial charge is 0.434 e. The summed E-state index contributed by atoms with van der Waals surface area (Å²) in [4.78, 5) is 13.7. The van der Waals surface area contributed by atoms with E-state index < -0.39 is 0 Å². The Kier molecular flexibility index (Phi) is 5.20. The van der Waals surface area contributed by atoms with Crippen molar-refractivity contribution in [2.45, 2.75) is 6.54 Å². The van der Waals surface area contributed by atoms with Crippen molar-refractivity contribution < 1.29 is 14.3 Å². The molecule has 2 rings (SSSR count). The third-order valence-corrected chi connectivity index (χ3v) is 3.10. The molecule has 2 aromatic rings. The molecule has 0 unspecified atom stereocenters. The number of nitrogens with zero attached hydrogens (tertiary/aromatic N) is 1. The van der Waals surface area contributed by atoms with E-state index in [4.69, 9.17) is 9.52 Å². The standard InChI is InChI=1S/C14H15BrN2O3/c15-12-6-7-13(20-12)16-14(19)17(8-9-18)10-11-4-2-1-3-5-11/h1-7,18H,8-10H2,(H,16,19). The van der Waals surface area contributed by atoms with E-state index in [1.54, 1.807) is 12.1 Å². The molecule has 1 aromatic carbocycles. The van der Waals surface area contributed by atoms with Crippen LogP contribution in [0.5, 0.6) is 0 Å². The van der Waals surface area contributed by atoms with Crippen molar-refractivity contribution in [2.75, 3.05) is 18.5 Å². The Morgan fingerprint density at radius 1 is 1.25 bits per heavy atom. The third kappa shape index (κ3) is 4.11. The van der Waals surface area contributed by atoms with Gasteiger partial charge in [0.15, 0.2) is 4.67 Å². The van der Waals surface area contributed by atoms with E-state index in [-0.39, 0.29) is 19.2 Å². The molecule has 0 atom stereocenters. The number of hydrogen-bond donors (Lipinski definition) is 2. The fourth-order valence-electron chi connectivity index (χ4n) is 1.74. The minimum absolute atomic E-state index is 0.0951. The van der Waals surface area contributed by atoms with E-state index >= 15 is 0 Å². The zero-order valence-electron chi connectivity index (χ0n) is 10.8. The molecule has 0 aliphatic carbocycles. The maximum absolute atomic E-state index is 12.1. The number of halogens is 1. The molecule has 0 saturated carbocycles. The Morgan fingerprint density at radius 2 is 2.00 bits per heavy atom. The second kappa shape index (κ2) is 7.12. The molecule has 5 nitrogen and oxygen atoms in total. The van der Waals surface area contributed by atoms with Crippen molar-refractivity contribution in [3.63, 3.8) is 0 Å². The van der Waals surface area contributed by atoms with Gasteiger partial charge in [0.2, 0.25) is 5.88 Å². The summed E-state index contributed by atoms with van der Waals surface area (Å²) in [6.07, 6.45) is 0. The second-order valence-corrected chi connectivity index (χ2v) is 4.95. The molecule has 0 aliphatic rings. The Labute approximate surface area is 125 Å². The van der Waals surface area contributed by atoms with Gasteiger partial charge < -0.3 is 14.4 Å². The summed E-state index contributed by atoms with van der Waals surface area (Å²) < 4.78 is 5.77. The number of benzene rings is 1. The quantitative estimate of drug-likeness (QED) is 0.880. The minimum Gasteiger partial charge on any atom is -0.434 e. The lowest BCUT2D eigenvalue weighted by Crippen LogP contribution is -2.36. The molecule has 0 radical (unpaired) electrons. The van der Waals surface area contributed by atoms with Gasteiger partial charge in [0.25, 0.3) is 0 Å². The van der Waals surface area contributed by atoms with Crippen LogP contribution in [0.4, 0.5) is 10.7 Å². The smallest absolute Gasteiger partial charge is 0.324 e. The molecule has 0 bridgehead atoms. The van der Waals surface area contributed by atoms with Crippen LogP contribution in [0.25, 0.3) is 0 Å². The fraction of sp³-hybridized carbons (Fsp3) is 0.214. The van der Waals surface area contributed by atoms with Gasteiger partial charge >= 0.3 is 6.03 Å². The van der Waals surface area contributed by atoms with Crippen molar-refractivity contribution in [1.82, 2.24) is 4.90 Å². The summed E-state index contributed by atoms with van der Waals surface area (Å²) in [5.41, 5.74) is 0.997. The average Bonchev–Trinajstić information content (AvgIpc) is 2.85. The maximum atomic E-state index is 12.1. The van der Waals surface area contributed by atoms with Gasteiger partial charge in [-0.1, -0.05) is 30.3 Å². The molecule has 2 amide bonds. The number of carbonyl (C=O) groups is 1. The van der Waals surface area contributed by atoms with Gasteiger partial charge in [0.1, 0.15) is 0 Å². The lowest BCUT2D eigenvalue weighted by Gasteiger charge is -2.21. The Hall–Kier alpha value is -1.79. The average molecular weight is 339 g/mol. The topological polar surface area (TPSA) is 65.7 Å². The Morgan fingerprint density at radius 3 is 2.60 bits per heavy atom. The normalized spacial score (nSPS) is 10.3. The minimum atomic E-state index is -0.315. The van der Waals surface area contributed by atoms with E-state index in [0.29, 0.717) is 17.1 Å². The van der Waals surface area contributed by atoms with Gasteiger partial charge in [-0.05, 0) is 27.6 Å². The van der Waals surface area contributed by atoms with Crippen LogP contribution in [0.15, 0.2) is 51.6 Å². The zero-order valence-corrected chi connectivity index (χ0v) is 12.3. The van der Waals surface area contributed by atoms with Gasteiger partial charge in [0, 0.05) is 19.2 Å². The SMILES string of the molecule is O=C(Nc1ccc(Br)o1)N(CCO)Cc1ccccc1. The van der Waals surface area contributed by atoms with E-state index in [2.05, 4.69) is 21.2 Å². The van der Waals surface area contributed by atoms with Crippen molar-refractivity contribution in [3.8, 4) is 0 Å². The molecule has 2 N–H and O–H groups in total. The summed E-state index contributed by atoms with van der Waals surface area (Å²) >= 11 is 3.17. The summed E-state index contributed by atoms with van der Waals surface area (Å²) in [7, 11) is 0. The zero-order chi connectivity index (χ0) is 14.4. The van der Waals surface area contributed by atoms with E-state index in [1.807, 2.05) is 30.3 Å². The van der Waals surface area contributed by atoms with Gasteiger partial charge in [0.05, 0.1) is 6.61 Å². The first-order valence-corrected chi connectivity index (χ1v) is 6.94. The van der Waals surface area contributed by atoms with E-state index in [0.717, 1.165) is 5.56 Å². The van der Waals surface area contributed by atoms with Crippen LogP contribution in [0, 0.1) is 0 Å². The summed E-state index contributed by atoms with van der Waals surface area (Å²) in [6.45, 7) is 0.583. The van der Waals surface area contributed by atoms with Crippen LogP contribution in [0.2, 0.25) is 0 Å². The molecular formula is C14H15BrN2O3. The van der Waals surface area contributed by atoms with Crippen LogP contribution in [0.3, 0.4) is 0 Å². The number of carbonyl (C=O) groups excluding carboxylic acids is 1. The molecule has 0 saturated heterocycles. The van der Waals surface area contributed by atoms with Gasteiger partial charge in [-0.15, -0.1) is 0 Å². The number of nitrogens with one attached hydrogen (secondary N) is 1. The van der Waals surface area contributed by atoms with Crippen molar-refractivity contribution in [1.29, 1.82) is 0 Å². The number of rotatable bonds is 5. The number of furan rings is 1. The number of aliphatic hydroxyl groups excluding tert-OH is 1. The molecule has 1 aromatic heterocycles. The second-order valence-electron chi connectivity index (χ2n) is 4.16. The van der Waals surface area contributed by atoms with Crippen molar-refractivity contribution in [2.24, 2.45) is 0 Å². The van der Waals surface area contributed by atoms with Crippen LogP contribution in [0.1, 0.15) is 5.56 Å². The molecule has 20 heavy (non-hydrogen) atoms. The molecule has 0 fully saturated rings. The molecule has 0 aliphatic heterocycles. The lowest BCUT2D eigenvalue weighted by atomic mass is 10.2. The Balaban J connectivity index is 2.02. The number of amides is 2. The van der Waals surface area contributed by atoms with E-state index in [9.17, 15) is 4.79 Å². The highest BCUT2D eigenvalue weighted by Crippen LogP contribution is 2.18. The molecule has 0 spiro atoms. The predicted molar refractivity (Wildman–Crippen MR) is 79.4 cm³/mol. The van der Waals surface area contributed by atoms with Crippen LogP contribution in [-0.4, -0.2) is 29.2 Å². The lowest BCUT2D eigenvalue weighted by molar-refractivity contribution is 0.185. The molecular weight excluding hydrogens is 324 g/mol. The number of aliphatic hydroxyl groups is 1. The van der Waals surface area contributed by atoms with Gasteiger partial charge in [-0.2, -0.15) is 0 Å². The fourth-order valence-corrected chi connectivity index (χ4v) is 2.05. The van der Waals surface area contributed by atoms with Gasteiger partial charge in [-0.25, -0.2) is 4.79 Å². The summed E-state index contributed by atoms with van der Waals surface area (Å²) in [5.74, 6) is 0.359. The highest BCUT2D eigenvalue weighted by Gasteiger charge is 2.15. The third-order valence-electron chi connectivity index (χ3n) is 2.68. The maximum Gasteiger partial charge on any atom is 0.324 e. The summed E-state index contributed by atoms with van der Waals surface area (Å²) in [6, 6.07) is 12.6. The highest BCUT2D eigenvalue weighted by atomic mass is 79.9. The predicted octanol–water partition coefficient (Wildman–Crippen LogP) is 3.07. The molecule has 6 heteroatoms. The first-order chi connectivity index (χ1) is 9.69. The van der Waals surface area contributed by atoms with Gasteiger partial charge in [-0.3, -0.25) is 5.32 Å². The molecule has 106 valence electrons. The van der Waals surface area contributed by atoms with Crippen molar-refractivity contribution >= 4 is 27.8 Å². The summed E-state index contributed by atoms with van der Waals surface area (Å²) in [5, 5.41) is 11.7. The van der Waals surface area contributed by atoms with Crippen LogP contribution < -0.4 is 5.32 Å².